The summed E-state index contributed by atoms with van der Waals surface area (Å²) in [5.74, 6) is -0.927. The van der Waals surface area contributed by atoms with Gasteiger partial charge < -0.3 is 10.4 Å². The highest BCUT2D eigenvalue weighted by molar-refractivity contribution is 6.32. The van der Waals surface area contributed by atoms with Gasteiger partial charge in [-0.05, 0) is 25.5 Å². The predicted molar refractivity (Wildman–Crippen MR) is 54.7 cm³/mol. The third-order valence-corrected chi connectivity index (χ3v) is 2.13. The van der Waals surface area contributed by atoms with E-state index in [1.165, 1.54) is 0 Å². The second-order valence-corrected chi connectivity index (χ2v) is 3.36. The molecule has 0 aliphatic rings. The van der Waals surface area contributed by atoms with Crippen molar-refractivity contribution in [3.8, 4) is 0 Å². The first-order valence-electron chi connectivity index (χ1n) is 4.13. The zero-order valence-electron chi connectivity index (χ0n) is 7.91. The van der Waals surface area contributed by atoms with Crippen molar-refractivity contribution in [3.05, 3.63) is 23.0 Å². The highest BCUT2D eigenvalue weighted by Gasteiger charge is 2.13. The van der Waals surface area contributed by atoms with Crippen molar-refractivity contribution >= 4 is 23.3 Å². The van der Waals surface area contributed by atoms with Crippen LogP contribution in [0.4, 0.5) is 5.69 Å². The molecule has 1 heterocycles. The van der Waals surface area contributed by atoms with Gasteiger partial charge in [-0.25, -0.2) is 4.98 Å². The van der Waals surface area contributed by atoms with Gasteiger partial charge in [-0.1, -0.05) is 11.6 Å². The van der Waals surface area contributed by atoms with Crippen molar-refractivity contribution in [2.75, 3.05) is 5.32 Å². The Hall–Kier alpha value is -1.29. The monoisotopic (exact) mass is 214 g/mol. The molecule has 0 amide bonds. The molecule has 0 saturated carbocycles. The van der Waals surface area contributed by atoms with Crippen LogP contribution < -0.4 is 5.32 Å². The minimum Gasteiger partial charge on any atom is -0.480 e. The van der Waals surface area contributed by atoms with Crippen molar-refractivity contribution in [1.29, 1.82) is 0 Å². The normalized spacial score (nSPS) is 12.2. The summed E-state index contributed by atoms with van der Waals surface area (Å²) < 4.78 is 0. The van der Waals surface area contributed by atoms with Gasteiger partial charge in [0.25, 0.3) is 0 Å². The van der Waals surface area contributed by atoms with E-state index in [1.807, 2.05) is 6.92 Å². The van der Waals surface area contributed by atoms with Crippen LogP contribution >= 0.6 is 11.6 Å². The van der Waals surface area contributed by atoms with Crippen LogP contribution in [0, 0.1) is 6.92 Å². The topological polar surface area (TPSA) is 62.2 Å². The first kappa shape index (κ1) is 10.8. The van der Waals surface area contributed by atoms with Crippen LogP contribution in [0.5, 0.6) is 0 Å². The molecule has 4 nitrogen and oxygen atoms in total. The molecule has 0 fully saturated rings. The molecular weight excluding hydrogens is 204 g/mol. The van der Waals surface area contributed by atoms with Crippen molar-refractivity contribution < 1.29 is 9.90 Å². The van der Waals surface area contributed by atoms with E-state index in [0.717, 1.165) is 5.56 Å². The number of carbonyl (C=O) groups is 1. The number of hydrogen-bond donors (Lipinski definition) is 2. The molecule has 0 aromatic carbocycles. The Bertz CT molecular complexity index is 334. The number of halogens is 1. The van der Waals surface area contributed by atoms with Gasteiger partial charge in [-0.2, -0.15) is 0 Å². The molecule has 1 unspecified atom stereocenters. The predicted octanol–water partition coefficient (Wildman–Crippen LogP) is 1.93. The fourth-order valence-corrected chi connectivity index (χ4v) is 1.24. The van der Waals surface area contributed by atoms with E-state index in [1.54, 1.807) is 19.2 Å². The van der Waals surface area contributed by atoms with E-state index in [0.29, 0.717) is 5.69 Å². The van der Waals surface area contributed by atoms with Crippen molar-refractivity contribution in [2.24, 2.45) is 0 Å². The van der Waals surface area contributed by atoms with E-state index >= 15 is 0 Å². The van der Waals surface area contributed by atoms with Crippen LogP contribution in [0.2, 0.25) is 5.15 Å². The van der Waals surface area contributed by atoms with Gasteiger partial charge in [0, 0.05) is 6.20 Å². The van der Waals surface area contributed by atoms with Crippen LogP contribution in [0.1, 0.15) is 12.5 Å². The molecule has 76 valence electrons. The number of nitrogens with zero attached hydrogens (tertiary/aromatic N) is 1. The summed E-state index contributed by atoms with van der Waals surface area (Å²) in [6.07, 6.45) is 1.58. The Labute approximate surface area is 86.9 Å². The highest BCUT2D eigenvalue weighted by Crippen LogP contribution is 2.23. The Balaban J connectivity index is 2.91. The zero-order chi connectivity index (χ0) is 10.7. The smallest absolute Gasteiger partial charge is 0.325 e. The number of nitrogens with one attached hydrogen (secondary N) is 1. The van der Waals surface area contributed by atoms with Crippen LogP contribution in [-0.2, 0) is 4.79 Å². The van der Waals surface area contributed by atoms with Crippen LogP contribution in [-0.4, -0.2) is 22.1 Å². The molecular formula is C9H11ClN2O2. The van der Waals surface area contributed by atoms with E-state index in [2.05, 4.69) is 10.3 Å². The fourth-order valence-electron chi connectivity index (χ4n) is 0.977. The molecule has 0 saturated heterocycles. The molecule has 0 aliphatic carbocycles. The summed E-state index contributed by atoms with van der Waals surface area (Å²) in [5, 5.41) is 11.8. The molecule has 1 aromatic heterocycles. The molecule has 14 heavy (non-hydrogen) atoms. The average Bonchev–Trinajstić information content (AvgIpc) is 2.11. The standard InChI is InChI=1S/C9H11ClN2O2/c1-5-3-4-11-8(10)7(5)12-6(2)9(13)14/h3-4,6,12H,1-2H3,(H,13,14). The lowest BCUT2D eigenvalue weighted by Gasteiger charge is -2.13. The van der Waals surface area contributed by atoms with Crippen LogP contribution in [0.15, 0.2) is 12.3 Å². The summed E-state index contributed by atoms with van der Waals surface area (Å²) in [5.41, 5.74) is 1.45. The van der Waals surface area contributed by atoms with Gasteiger partial charge in [0.2, 0.25) is 0 Å². The van der Waals surface area contributed by atoms with E-state index in [4.69, 9.17) is 16.7 Å². The maximum absolute atomic E-state index is 10.6. The summed E-state index contributed by atoms with van der Waals surface area (Å²) in [6.45, 7) is 3.38. The first-order chi connectivity index (χ1) is 6.52. The lowest BCUT2D eigenvalue weighted by molar-refractivity contribution is -0.137. The number of hydrogen-bond acceptors (Lipinski definition) is 3. The number of carboxylic acids is 1. The first-order valence-corrected chi connectivity index (χ1v) is 4.50. The zero-order valence-corrected chi connectivity index (χ0v) is 8.67. The van der Waals surface area contributed by atoms with Gasteiger partial charge in [-0.15, -0.1) is 0 Å². The largest absolute Gasteiger partial charge is 0.480 e. The lowest BCUT2D eigenvalue weighted by atomic mass is 10.2. The number of carboxylic acid groups (broad SMARTS) is 1. The van der Waals surface area contributed by atoms with Gasteiger partial charge in [0.15, 0.2) is 5.15 Å². The summed E-state index contributed by atoms with van der Waals surface area (Å²) in [6, 6.07) is 1.08. The van der Waals surface area contributed by atoms with Gasteiger partial charge in [-0.3, -0.25) is 4.79 Å². The second kappa shape index (κ2) is 4.28. The Morgan fingerprint density at radius 1 is 1.71 bits per heavy atom. The van der Waals surface area contributed by atoms with Gasteiger partial charge >= 0.3 is 5.97 Å². The maximum Gasteiger partial charge on any atom is 0.325 e. The summed E-state index contributed by atoms with van der Waals surface area (Å²) in [4.78, 5) is 14.5. The number of aliphatic carboxylic acids is 1. The minimum absolute atomic E-state index is 0.290. The molecule has 5 heteroatoms. The molecule has 1 atom stereocenters. The minimum atomic E-state index is -0.927. The molecule has 0 radical (unpaired) electrons. The number of rotatable bonds is 3. The fraction of sp³-hybridized carbons (Fsp3) is 0.333. The Morgan fingerprint density at radius 3 is 2.86 bits per heavy atom. The molecule has 0 aliphatic heterocycles. The number of pyridine rings is 1. The van der Waals surface area contributed by atoms with E-state index in [-0.39, 0.29) is 5.15 Å². The Kier molecular flexibility index (Phi) is 3.30. The second-order valence-electron chi connectivity index (χ2n) is 3.00. The average molecular weight is 215 g/mol. The quantitative estimate of drug-likeness (QED) is 0.755. The van der Waals surface area contributed by atoms with Crippen molar-refractivity contribution in [3.63, 3.8) is 0 Å². The molecule has 1 rings (SSSR count). The van der Waals surface area contributed by atoms with E-state index < -0.39 is 12.0 Å². The number of aryl methyl sites for hydroxylation is 1. The summed E-state index contributed by atoms with van der Waals surface area (Å²) >= 11 is 5.81. The van der Waals surface area contributed by atoms with Crippen molar-refractivity contribution in [1.82, 2.24) is 4.98 Å². The number of anilines is 1. The van der Waals surface area contributed by atoms with Gasteiger partial charge in [0.1, 0.15) is 6.04 Å². The molecule has 1 aromatic rings. The van der Waals surface area contributed by atoms with Crippen LogP contribution in [0.3, 0.4) is 0 Å². The van der Waals surface area contributed by atoms with Gasteiger partial charge in [0.05, 0.1) is 5.69 Å². The third-order valence-electron chi connectivity index (χ3n) is 1.84. The van der Waals surface area contributed by atoms with Crippen LogP contribution in [0.25, 0.3) is 0 Å². The van der Waals surface area contributed by atoms with Crippen molar-refractivity contribution in [2.45, 2.75) is 19.9 Å². The van der Waals surface area contributed by atoms with E-state index in [9.17, 15) is 4.79 Å². The molecule has 0 spiro atoms. The third kappa shape index (κ3) is 2.35. The SMILES string of the molecule is Cc1ccnc(Cl)c1NC(C)C(=O)O. The lowest BCUT2D eigenvalue weighted by Crippen LogP contribution is -2.26. The number of aromatic nitrogens is 1. The maximum atomic E-state index is 10.6. The molecule has 0 bridgehead atoms. The highest BCUT2D eigenvalue weighted by atomic mass is 35.5. The molecule has 2 N–H and O–H groups in total. The Morgan fingerprint density at radius 2 is 2.36 bits per heavy atom. The summed E-state index contributed by atoms with van der Waals surface area (Å²) in [7, 11) is 0.